The lowest BCUT2D eigenvalue weighted by Gasteiger charge is -2.61. The molecule has 2 bridgehead atoms. The largest absolute Gasteiger partial charge is 0.497 e. The van der Waals surface area contributed by atoms with Crippen molar-refractivity contribution in [3.63, 3.8) is 0 Å². The van der Waals surface area contributed by atoms with Gasteiger partial charge < -0.3 is 18.9 Å². The SMILES string of the molecule is COC(=O)C12CN(Cc3ccc(OC)cc3OC)CC(C(=O)OC)(C1=O)C(c1ccccn1)N(Cc1ccccc1)C2c1ccccn1. The van der Waals surface area contributed by atoms with E-state index in [1.54, 1.807) is 56.9 Å². The first-order valence-corrected chi connectivity index (χ1v) is 15.6. The number of carbonyl (C=O) groups excluding carboxylic acids is 3. The highest BCUT2D eigenvalue weighted by Crippen LogP contribution is 2.61. The van der Waals surface area contributed by atoms with Gasteiger partial charge in [0.2, 0.25) is 0 Å². The predicted molar refractivity (Wildman–Crippen MR) is 175 cm³/mol. The molecule has 4 aromatic rings. The molecule has 2 aromatic heterocycles. The Labute approximate surface area is 279 Å². The van der Waals surface area contributed by atoms with Crippen molar-refractivity contribution in [1.82, 2.24) is 19.8 Å². The molecule has 248 valence electrons. The second-order valence-corrected chi connectivity index (χ2v) is 12.1. The lowest BCUT2D eigenvalue weighted by atomic mass is 9.54. The molecule has 11 nitrogen and oxygen atoms in total. The minimum Gasteiger partial charge on any atom is -0.497 e. The maximum absolute atomic E-state index is 15.5. The third-order valence-electron chi connectivity index (χ3n) is 9.48. The molecule has 2 aliphatic rings. The summed E-state index contributed by atoms with van der Waals surface area (Å²) in [6.45, 7) is 0.378. The fourth-order valence-corrected chi connectivity index (χ4v) is 7.57. The number of aromatic nitrogens is 2. The highest BCUT2D eigenvalue weighted by atomic mass is 16.5. The molecule has 0 N–H and O–H groups in total. The van der Waals surface area contributed by atoms with E-state index >= 15 is 4.79 Å². The fraction of sp³-hybridized carbons (Fsp3) is 0.324. The van der Waals surface area contributed by atoms with Gasteiger partial charge in [0, 0.05) is 50.2 Å². The molecule has 0 radical (unpaired) electrons. The van der Waals surface area contributed by atoms with Crippen molar-refractivity contribution >= 4 is 17.7 Å². The number of hydrogen-bond acceptors (Lipinski definition) is 11. The van der Waals surface area contributed by atoms with Crippen molar-refractivity contribution < 1.29 is 33.3 Å². The van der Waals surface area contributed by atoms with E-state index in [9.17, 15) is 9.59 Å². The van der Waals surface area contributed by atoms with Gasteiger partial charge in [0.05, 0.1) is 51.9 Å². The van der Waals surface area contributed by atoms with Gasteiger partial charge in [-0.15, -0.1) is 0 Å². The number of Topliss-reactive ketones (excluding diaryl/α,β-unsaturated/α-hetero) is 1. The van der Waals surface area contributed by atoms with E-state index in [0.29, 0.717) is 22.9 Å². The number of benzene rings is 2. The zero-order valence-electron chi connectivity index (χ0n) is 27.4. The number of hydrogen-bond donors (Lipinski definition) is 0. The predicted octanol–water partition coefficient (Wildman–Crippen LogP) is 4.20. The molecular formula is C37H38N4O7. The van der Waals surface area contributed by atoms with Crippen LogP contribution in [0.2, 0.25) is 0 Å². The van der Waals surface area contributed by atoms with Crippen LogP contribution >= 0.6 is 0 Å². The number of pyridine rings is 2. The van der Waals surface area contributed by atoms with Crippen molar-refractivity contribution in [3.8, 4) is 11.5 Å². The van der Waals surface area contributed by atoms with Crippen LogP contribution in [0.1, 0.15) is 34.6 Å². The fourth-order valence-electron chi connectivity index (χ4n) is 7.57. The number of nitrogens with zero attached hydrogens (tertiary/aromatic N) is 4. The first-order chi connectivity index (χ1) is 23.3. The van der Waals surface area contributed by atoms with E-state index in [1.165, 1.54) is 14.2 Å². The standard InChI is InChI=1S/C37H38N4O7/c1-45-27-17-16-26(30(20-27)46-2)22-40-23-36(34(43)47-3)31(28-14-8-10-18-38-28)41(21-25-12-6-5-7-13-25)32(29-15-9-11-19-39-29)37(24-40,33(36)42)35(44)48-4/h5-20,31-32H,21-24H2,1-4H3. The van der Waals surface area contributed by atoms with E-state index in [2.05, 4.69) is 0 Å². The maximum Gasteiger partial charge on any atom is 0.322 e. The molecular weight excluding hydrogens is 612 g/mol. The highest BCUT2D eigenvalue weighted by Gasteiger charge is 2.75. The summed E-state index contributed by atoms with van der Waals surface area (Å²) in [5, 5.41) is 0. The molecule has 0 saturated carbocycles. The lowest BCUT2D eigenvalue weighted by Crippen LogP contribution is -2.75. The summed E-state index contributed by atoms with van der Waals surface area (Å²) in [4.78, 5) is 57.8. The van der Waals surface area contributed by atoms with Gasteiger partial charge in [0.25, 0.3) is 0 Å². The highest BCUT2D eigenvalue weighted by molar-refractivity contribution is 6.17. The molecule has 11 heteroatoms. The molecule has 6 rings (SSSR count). The second-order valence-electron chi connectivity index (χ2n) is 12.1. The normalized spacial score (nSPS) is 24.0. The molecule has 2 aromatic carbocycles. The summed E-state index contributed by atoms with van der Waals surface area (Å²) in [6.07, 6.45) is 3.26. The third kappa shape index (κ3) is 5.38. The molecule has 2 saturated heterocycles. The van der Waals surface area contributed by atoms with Crippen LogP contribution in [-0.4, -0.2) is 79.0 Å². The number of ketones is 1. The Morgan fingerprint density at radius 3 is 1.77 bits per heavy atom. The molecule has 4 heterocycles. The number of likely N-dealkylation sites (tertiary alicyclic amines) is 2. The summed E-state index contributed by atoms with van der Waals surface area (Å²) in [6, 6.07) is 24.0. The van der Waals surface area contributed by atoms with Gasteiger partial charge in [0.15, 0.2) is 16.6 Å². The van der Waals surface area contributed by atoms with Gasteiger partial charge in [-0.3, -0.25) is 34.2 Å². The number of esters is 2. The molecule has 2 aliphatic heterocycles. The molecule has 48 heavy (non-hydrogen) atoms. The molecule has 4 atom stereocenters. The van der Waals surface area contributed by atoms with Crippen LogP contribution in [0, 0.1) is 10.8 Å². The number of rotatable bonds is 10. The van der Waals surface area contributed by atoms with Gasteiger partial charge in [0.1, 0.15) is 11.5 Å². The molecule has 0 spiro atoms. The number of fused-ring (bicyclic) bond motifs is 2. The lowest BCUT2D eigenvalue weighted by molar-refractivity contribution is -0.207. The van der Waals surface area contributed by atoms with Crippen molar-refractivity contribution in [3.05, 3.63) is 120 Å². The second kappa shape index (κ2) is 13.5. The van der Waals surface area contributed by atoms with Crippen molar-refractivity contribution in [2.24, 2.45) is 10.8 Å². The summed E-state index contributed by atoms with van der Waals surface area (Å²) in [5.74, 6) is -0.938. The van der Waals surface area contributed by atoms with E-state index in [4.69, 9.17) is 28.9 Å². The monoisotopic (exact) mass is 650 g/mol. The van der Waals surface area contributed by atoms with E-state index in [0.717, 1.165) is 11.1 Å². The van der Waals surface area contributed by atoms with E-state index < -0.39 is 40.6 Å². The number of ether oxygens (including phenoxy) is 4. The summed E-state index contributed by atoms with van der Waals surface area (Å²) >= 11 is 0. The van der Waals surface area contributed by atoms with Gasteiger partial charge in [-0.25, -0.2) is 0 Å². The Bertz CT molecular complexity index is 1700. The van der Waals surface area contributed by atoms with Crippen molar-refractivity contribution in [2.45, 2.75) is 25.2 Å². The Morgan fingerprint density at radius 1 is 0.729 bits per heavy atom. The molecule has 0 aliphatic carbocycles. The van der Waals surface area contributed by atoms with Gasteiger partial charge in [-0.2, -0.15) is 0 Å². The zero-order chi connectivity index (χ0) is 33.9. The quantitative estimate of drug-likeness (QED) is 0.182. The Kier molecular flexibility index (Phi) is 9.25. The van der Waals surface area contributed by atoms with E-state index in [-0.39, 0.29) is 26.2 Å². The van der Waals surface area contributed by atoms with Gasteiger partial charge in [-0.1, -0.05) is 48.5 Å². The number of piperidine rings is 2. The molecule has 4 unspecified atom stereocenters. The van der Waals surface area contributed by atoms with Crippen LogP contribution in [0.3, 0.4) is 0 Å². The Balaban J connectivity index is 1.65. The average Bonchev–Trinajstić information content (AvgIpc) is 3.13. The van der Waals surface area contributed by atoms with Crippen LogP contribution in [-0.2, 0) is 36.9 Å². The summed E-state index contributed by atoms with van der Waals surface area (Å²) in [7, 11) is 5.66. The number of carbonyl (C=O) groups is 3. The minimum absolute atomic E-state index is 0.0616. The van der Waals surface area contributed by atoms with Gasteiger partial charge >= 0.3 is 11.9 Å². The summed E-state index contributed by atoms with van der Waals surface area (Å²) < 4.78 is 22.1. The first-order valence-electron chi connectivity index (χ1n) is 15.6. The topological polar surface area (TPSA) is 120 Å². The first kappa shape index (κ1) is 32.8. The smallest absolute Gasteiger partial charge is 0.322 e. The third-order valence-corrected chi connectivity index (χ3v) is 9.48. The van der Waals surface area contributed by atoms with Crippen molar-refractivity contribution in [2.75, 3.05) is 41.5 Å². The van der Waals surface area contributed by atoms with Gasteiger partial charge in [-0.05, 0) is 35.9 Å². The van der Waals surface area contributed by atoms with Crippen LogP contribution in [0.15, 0.2) is 97.3 Å². The van der Waals surface area contributed by atoms with E-state index in [1.807, 2.05) is 64.4 Å². The van der Waals surface area contributed by atoms with Crippen LogP contribution in [0.25, 0.3) is 0 Å². The number of methoxy groups -OCH3 is 4. The molecule has 0 amide bonds. The zero-order valence-corrected chi connectivity index (χ0v) is 27.4. The summed E-state index contributed by atoms with van der Waals surface area (Å²) in [5.41, 5.74) is -1.14. The van der Waals surface area contributed by atoms with Crippen LogP contribution in [0.5, 0.6) is 11.5 Å². The minimum atomic E-state index is -1.89. The van der Waals surface area contributed by atoms with Crippen LogP contribution < -0.4 is 9.47 Å². The average molecular weight is 651 g/mol. The maximum atomic E-state index is 15.5. The van der Waals surface area contributed by atoms with Crippen molar-refractivity contribution in [1.29, 1.82) is 0 Å². The molecule has 2 fully saturated rings. The Morgan fingerprint density at radius 2 is 1.29 bits per heavy atom. The van der Waals surface area contributed by atoms with Crippen LogP contribution in [0.4, 0.5) is 0 Å². The Hall–Kier alpha value is -5.13.